The minimum Gasteiger partial charge on any atom is -0.391 e. The highest BCUT2D eigenvalue weighted by Crippen LogP contribution is 2.32. The van der Waals surface area contributed by atoms with Crippen molar-refractivity contribution in [3.05, 3.63) is 10.6 Å². The van der Waals surface area contributed by atoms with E-state index in [9.17, 15) is 13.5 Å². The molecule has 1 atom stereocenters. The van der Waals surface area contributed by atoms with Gasteiger partial charge >= 0.3 is 0 Å². The lowest BCUT2D eigenvalue weighted by Crippen LogP contribution is -2.26. The van der Waals surface area contributed by atoms with Crippen molar-refractivity contribution in [2.45, 2.75) is 39.2 Å². The maximum absolute atomic E-state index is 11.6. The van der Waals surface area contributed by atoms with Gasteiger partial charge in [0, 0.05) is 13.1 Å². The van der Waals surface area contributed by atoms with Gasteiger partial charge in [0.15, 0.2) is 15.0 Å². The van der Waals surface area contributed by atoms with Crippen LogP contribution in [0.2, 0.25) is 0 Å². The molecule has 2 heterocycles. The lowest BCUT2D eigenvalue weighted by molar-refractivity contribution is 0.283. The molecule has 0 aromatic carbocycles. The number of anilines is 1. The second-order valence-electron chi connectivity index (χ2n) is 5.26. The number of nitrogens with zero attached hydrogens (tertiary/aromatic N) is 2. The molecule has 0 amide bonds. The molecule has 1 aliphatic heterocycles. The Labute approximate surface area is 124 Å². The van der Waals surface area contributed by atoms with Gasteiger partial charge in [0.2, 0.25) is 0 Å². The van der Waals surface area contributed by atoms with Crippen LogP contribution in [0.1, 0.15) is 43.2 Å². The molecule has 20 heavy (non-hydrogen) atoms. The van der Waals surface area contributed by atoms with Crippen molar-refractivity contribution in [3.8, 4) is 0 Å². The molecule has 1 aromatic heterocycles. The van der Waals surface area contributed by atoms with Crippen molar-refractivity contribution in [1.29, 1.82) is 0 Å². The van der Waals surface area contributed by atoms with Gasteiger partial charge < -0.3 is 10.0 Å². The second kappa shape index (κ2) is 6.41. The molecule has 0 spiro atoms. The van der Waals surface area contributed by atoms with Crippen LogP contribution in [0.15, 0.2) is 0 Å². The highest BCUT2D eigenvalue weighted by molar-refractivity contribution is 7.91. The topological polar surface area (TPSA) is 70.5 Å². The van der Waals surface area contributed by atoms with E-state index in [-0.39, 0.29) is 18.1 Å². The minimum atomic E-state index is -2.90. The van der Waals surface area contributed by atoms with Crippen molar-refractivity contribution in [1.82, 2.24) is 4.98 Å². The van der Waals surface area contributed by atoms with Gasteiger partial charge in [-0.25, -0.2) is 13.4 Å². The molecule has 1 unspecified atom stereocenters. The summed E-state index contributed by atoms with van der Waals surface area (Å²) < 4.78 is 23.3. The smallest absolute Gasteiger partial charge is 0.185 e. The summed E-state index contributed by atoms with van der Waals surface area (Å²) in [5, 5.41) is 10.3. The van der Waals surface area contributed by atoms with E-state index in [1.165, 1.54) is 11.3 Å². The Kier molecular flexibility index (Phi) is 5.04. The van der Waals surface area contributed by atoms with Gasteiger partial charge in [-0.2, -0.15) is 0 Å². The van der Waals surface area contributed by atoms with Crippen molar-refractivity contribution in [2.75, 3.05) is 29.5 Å². The molecule has 2 rings (SSSR count). The number of hydrogen-bond acceptors (Lipinski definition) is 6. The first kappa shape index (κ1) is 15.7. The normalized spacial score (nSPS) is 20.6. The van der Waals surface area contributed by atoms with Crippen molar-refractivity contribution in [3.63, 3.8) is 0 Å². The zero-order valence-corrected chi connectivity index (χ0v) is 13.6. The minimum absolute atomic E-state index is 0.00345. The summed E-state index contributed by atoms with van der Waals surface area (Å²) in [5.41, 5.74) is 0.960. The Hall–Kier alpha value is -0.660. The lowest BCUT2D eigenvalue weighted by Gasteiger charge is -2.18. The predicted octanol–water partition coefficient (Wildman–Crippen LogP) is 1.77. The SMILES string of the molecule is CCC(C)c1nc(N2CCCS(=O)(=O)CC2)sc1CO. The summed E-state index contributed by atoms with van der Waals surface area (Å²) in [4.78, 5) is 7.60. The molecule has 5 nitrogen and oxygen atoms in total. The van der Waals surface area contributed by atoms with Gasteiger partial charge in [-0.3, -0.25) is 0 Å². The monoisotopic (exact) mass is 318 g/mol. The average molecular weight is 318 g/mol. The van der Waals surface area contributed by atoms with Crippen LogP contribution in [0.3, 0.4) is 0 Å². The molecular formula is C13H22N2O3S2. The molecule has 1 aromatic rings. The van der Waals surface area contributed by atoms with Gasteiger partial charge in [-0.15, -0.1) is 0 Å². The van der Waals surface area contributed by atoms with E-state index < -0.39 is 9.84 Å². The number of thiazole rings is 1. The van der Waals surface area contributed by atoms with Crippen molar-refractivity contribution < 1.29 is 13.5 Å². The molecule has 114 valence electrons. The molecular weight excluding hydrogens is 296 g/mol. The standard InChI is InChI=1S/C13H22N2O3S2/c1-3-10(2)12-11(9-16)19-13(14-12)15-5-4-7-20(17,18)8-6-15/h10,16H,3-9H2,1-2H3. The van der Waals surface area contributed by atoms with Crippen LogP contribution in [0, 0.1) is 0 Å². The van der Waals surface area contributed by atoms with Gasteiger partial charge in [0.05, 0.1) is 28.7 Å². The maximum atomic E-state index is 11.6. The van der Waals surface area contributed by atoms with E-state index in [2.05, 4.69) is 18.8 Å². The van der Waals surface area contributed by atoms with Gasteiger partial charge in [0.1, 0.15) is 0 Å². The molecule has 0 aliphatic carbocycles. The fourth-order valence-electron chi connectivity index (χ4n) is 2.31. The number of aliphatic hydroxyl groups is 1. The van der Waals surface area contributed by atoms with Crippen LogP contribution in [0.25, 0.3) is 0 Å². The predicted molar refractivity (Wildman–Crippen MR) is 82.2 cm³/mol. The summed E-state index contributed by atoms with van der Waals surface area (Å²) in [7, 11) is -2.90. The second-order valence-corrected chi connectivity index (χ2v) is 8.63. The third-order valence-electron chi connectivity index (χ3n) is 3.77. The van der Waals surface area contributed by atoms with Crippen molar-refractivity contribution >= 4 is 26.3 Å². The highest BCUT2D eigenvalue weighted by atomic mass is 32.2. The lowest BCUT2D eigenvalue weighted by atomic mass is 10.0. The van der Waals surface area contributed by atoms with E-state index in [4.69, 9.17) is 0 Å². The Morgan fingerprint density at radius 2 is 2.15 bits per heavy atom. The summed E-state index contributed by atoms with van der Waals surface area (Å²) in [6, 6.07) is 0. The van der Waals surface area contributed by atoms with E-state index in [1.54, 1.807) is 0 Å². The Morgan fingerprint density at radius 3 is 2.80 bits per heavy atom. The first-order chi connectivity index (χ1) is 9.46. The number of hydrogen-bond donors (Lipinski definition) is 1. The number of aliphatic hydroxyl groups excluding tert-OH is 1. The van der Waals surface area contributed by atoms with Gasteiger partial charge in [-0.05, 0) is 18.8 Å². The fraction of sp³-hybridized carbons (Fsp3) is 0.769. The highest BCUT2D eigenvalue weighted by Gasteiger charge is 2.23. The molecule has 1 fully saturated rings. The van der Waals surface area contributed by atoms with E-state index in [1.807, 2.05) is 4.90 Å². The largest absolute Gasteiger partial charge is 0.391 e. The van der Waals surface area contributed by atoms with E-state index in [0.717, 1.165) is 28.7 Å². The van der Waals surface area contributed by atoms with Crippen LogP contribution in [0.4, 0.5) is 5.13 Å². The van der Waals surface area contributed by atoms with Crippen LogP contribution in [-0.2, 0) is 16.4 Å². The van der Waals surface area contributed by atoms with Gasteiger partial charge in [-0.1, -0.05) is 25.2 Å². The zero-order chi connectivity index (χ0) is 14.8. The zero-order valence-electron chi connectivity index (χ0n) is 12.0. The Balaban J connectivity index is 2.22. The molecule has 0 radical (unpaired) electrons. The molecule has 0 bridgehead atoms. The third-order valence-corrected chi connectivity index (χ3v) is 6.60. The first-order valence-electron chi connectivity index (χ1n) is 7.02. The molecule has 0 saturated carbocycles. The molecule has 7 heteroatoms. The van der Waals surface area contributed by atoms with Crippen LogP contribution < -0.4 is 4.90 Å². The third kappa shape index (κ3) is 3.51. The summed E-state index contributed by atoms with van der Waals surface area (Å²) in [6.07, 6.45) is 1.62. The summed E-state index contributed by atoms with van der Waals surface area (Å²) >= 11 is 1.49. The molecule has 1 N–H and O–H groups in total. The summed E-state index contributed by atoms with van der Waals surface area (Å²) in [6.45, 7) is 5.43. The van der Waals surface area contributed by atoms with Crippen LogP contribution in [-0.4, -0.2) is 43.1 Å². The van der Waals surface area contributed by atoms with Gasteiger partial charge in [0.25, 0.3) is 0 Å². The first-order valence-corrected chi connectivity index (χ1v) is 9.66. The van der Waals surface area contributed by atoms with Crippen LogP contribution in [0.5, 0.6) is 0 Å². The number of sulfone groups is 1. The maximum Gasteiger partial charge on any atom is 0.185 e. The number of aromatic nitrogens is 1. The number of rotatable bonds is 4. The van der Waals surface area contributed by atoms with E-state index in [0.29, 0.717) is 18.9 Å². The molecule has 1 saturated heterocycles. The van der Waals surface area contributed by atoms with Crippen LogP contribution >= 0.6 is 11.3 Å². The fourth-order valence-corrected chi connectivity index (χ4v) is 4.67. The Bertz CT molecular complexity index is 554. The summed E-state index contributed by atoms with van der Waals surface area (Å²) in [5.74, 6) is 0.775. The molecule has 1 aliphatic rings. The van der Waals surface area contributed by atoms with Crippen molar-refractivity contribution in [2.24, 2.45) is 0 Å². The van der Waals surface area contributed by atoms with E-state index >= 15 is 0 Å². The quantitative estimate of drug-likeness (QED) is 0.916. The average Bonchev–Trinajstić information content (AvgIpc) is 2.77. The Morgan fingerprint density at radius 1 is 1.40 bits per heavy atom.